The van der Waals surface area contributed by atoms with Gasteiger partial charge in [-0.15, -0.1) is 10.2 Å². The highest BCUT2D eigenvalue weighted by Gasteiger charge is 2.19. The Morgan fingerprint density at radius 2 is 2.00 bits per heavy atom. The van der Waals surface area contributed by atoms with Crippen molar-refractivity contribution in [1.29, 1.82) is 0 Å². The van der Waals surface area contributed by atoms with E-state index in [4.69, 9.17) is 5.73 Å². The SMILES string of the molecule is CC(C)NC(=O)[C@H](C)Sc1nnc(CCC(N)=O)n1C. The van der Waals surface area contributed by atoms with Gasteiger partial charge in [0.15, 0.2) is 5.16 Å². The molecule has 0 aliphatic rings. The van der Waals surface area contributed by atoms with E-state index in [2.05, 4.69) is 15.5 Å². The second-order valence-electron chi connectivity index (χ2n) is 4.85. The third-order valence-electron chi connectivity index (χ3n) is 2.60. The van der Waals surface area contributed by atoms with E-state index < -0.39 is 0 Å². The maximum absolute atomic E-state index is 11.8. The molecule has 0 fully saturated rings. The lowest BCUT2D eigenvalue weighted by molar-refractivity contribution is -0.121. The smallest absolute Gasteiger partial charge is 0.233 e. The van der Waals surface area contributed by atoms with Crippen molar-refractivity contribution >= 4 is 23.6 Å². The predicted octanol–water partition coefficient (Wildman–Crippen LogP) is 0.238. The monoisotopic (exact) mass is 299 g/mol. The zero-order valence-corrected chi connectivity index (χ0v) is 13.0. The lowest BCUT2D eigenvalue weighted by Gasteiger charge is -2.13. The van der Waals surface area contributed by atoms with E-state index in [9.17, 15) is 9.59 Å². The number of aryl methyl sites for hydroxylation is 1. The lowest BCUT2D eigenvalue weighted by Crippen LogP contribution is -2.36. The zero-order valence-electron chi connectivity index (χ0n) is 12.2. The summed E-state index contributed by atoms with van der Waals surface area (Å²) >= 11 is 1.34. The van der Waals surface area contributed by atoms with Crippen LogP contribution in [0.2, 0.25) is 0 Å². The summed E-state index contributed by atoms with van der Waals surface area (Å²) < 4.78 is 1.78. The number of nitrogens with two attached hydrogens (primary N) is 1. The van der Waals surface area contributed by atoms with Gasteiger partial charge in [0.05, 0.1) is 5.25 Å². The van der Waals surface area contributed by atoms with Crippen molar-refractivity contribution < 1.29 is 9.59 Å². The number of primary amides is 1. The molecule has 0 aliphatic heterocycles. The minimum absolute atomic E-state index is 0.0355. The van der Waals surface area contributed by atoms with Crippen LogP contribution in [0.3, 0.4) is 0 Å². The summed E-state index contributed by atoms with van der Waals surface area (Å²) in [5.74, 6) is 0.279. The van der Waals surface area contributed by atoms with Gasteiger partial charge in [-0.3, -0.25) is 9.59 Å². The molecule has 20 heavy (non-hydrogen) atoms. The van der Waals surface area contributed by atoms with E-state index in [1.807, 2.05) is 27.8 Å². The van der Waals surface area contributed by atoms with Crippen LogP contribution in [0.4, 0.5) is 0 Å². The van der Waals surface area contributed by atoms with E-state index in [1.54, 1.807) is 4.57 Å². The number of rotatable bonds is 7. The van der Waals surface area contributed by atoms with E-state index in [0.717, 1.165) is 0 Å². The van der Waals surface area contributed by atoms with Crippen molar-refractivity contribution in [3.63, 3.8) is 0 Å². The van der Waals surface area contributed by atoms with Gasteiger partial charge in [-0.25, -0.2) is 0 Å². The van der Waals surface area contributed by atoms with Gasteiger partial charge in [0.1, 0.15) is 5.82 Å². The van der Waals surface area contributed by atoms with Crippen molar-refractivity contribution in [3.05, 3.63) is 5.82 Å². The van der Waals surface area contributed by atoms with Crippen LogP contribution in [0.25, 0.3) is 0 Å². The number of hydrogen-bond acceptors (Lipinski definition) is 5. The number of nitrogens with zero attached hydrogens (tertiary/aromatic N) is 3. The Kier molecular flexibility index (Phi) is 6.00. The number of carbonyl (C=O) groups is 2. The van der Waals surface area contributed by atoms with Crippen molar-refractivity contribution in [2.75, 3.05) is 0 Å². The van der Waals surface area contributed by atoms with Gasteiger partial charge in [0.25, 0.3) is 0 Å². The van der Waals surface area contributed by atoms with Crippen LogP contribution in [0.5, 0.6) is 0 Å². The minimum Gasteiger partial charge on any atom is -0.370 e. The van der Waals surface area contributed by atoms with E-state index in [1.165, 1.54) is 11.8 Å². The number of aromatic nitrogens is 3. The average Bonchev–Trinajstić information content (AvgIpc) is 2.67. The molecule has 2 amide bonds. The second-order valence-corrected chi connectivity index (χ2v) is 6.16. The normalized spacial score (nSPS) is 12.4. The van der Waals surface area contributed by atoms with Crippen LogP contribution in [0.15, 0.2) is 5.16 Å². The maximum atomic E-state index is 11.8. The molecule has 1 heterocycles. The van der Waals surface area contributed by atoms with Gasteiger partial charge in [-0.2, -0.15) is 0 Å². The molecule has 0 spiro atoms. The fraction of sp³-hybridized carbons (Fsp3) is 0.667. The highest BCUT2D eigenvalue weighted by Crippen LogP contribution is 2.21. The molecule has 1 rings (SSSR count). The third kappa shape index (κ3) is 4.84. The van der Waals surface area contributed by atoms with Gasteiger partial charge in [0, 0.05) is 25.9 Å². The molecule has 1 aromatic heterocycles. The second kappa shape index (κ2) is 7.28. The first kappa shape index (κ1) is 16.5. The molecule has 0 saturated heterocycles. The molecule has 0 bridgehead atoms. The Balaban J connectivity index is 2.64. The topological polar surface area (TPSA) is 103 Å². The first-order chi connectivity index (χ1) is 9.31. The molecule has 0 unspecified atom stereocenters. The van der Waals surface area contributed by atoms with Crippen LogP contribution in [-0.4, -0.2) is 37.9 Å². The highest BCUT2D eigenvalue weighted by molar-refractivity contribution is 8.00. The highest BCUT2D eigenvalue weighted by atomic mass is 32.2. The fourth-order valence-corrected chi connectivity index (χ4v) is 2.36. The van der Waals surface area contributed by atoms with Gasteiger partial charge in [-0.1, -0.05) is 11.8 Å². The maximum Gasteiger partial charge on any atom is 0.233 e. The van der Waals surface area contributed by atoms with Crippen LogP contribution in [-0.2, 0) is 23.1 Å². The molecule has 0 aliphatic carbocycles. The van der Waals surface area contributed by atoms with Crippen LogP contribution in [0.1, 0.15) is 33.0 Å². The summed E-state index contributed by atoms with van der Waals surface area (Å²) in [6.07, 6.45) is 0.687. The third-order valence-corrected chi connectivity index (χ3v) is 3.74. The Morgan fingerprint density at radius 3 is 2.55 bits per heavy atom. The molecule has 0 saturated carbocycles. The van der Waals surface area contributed by atoms with Crippen molar-refractivity contribution in [2.45, 2.75) is 50.1 Å². The number of nitrogens with one attached hydrogen (secondary N) is 1. The standard InChI is InChI=1S/C12H21N5O2S/c1-7(2)14-11(19)8(3)20-12-16-15-10(17(12)4)6-5-9(13)18/h7-8H,5-6H2,1-4H3,(H2,13,18)(H,14,19)/t8-/m0/s1. The number of hydrogen-bond donors (Lipinski definition) is 2. The molecule has 1 aromatic rings. The minimum atomic E-state index is -0.369. The summed E-state index contributed by atoms with van der Waals surface area (Å²) in [5, 5.41) is 11.3. The van der Waals surface area contributed by atoms with Gasteiger partial charge in [-0.05, 0) is 20.8 Å². The Morgan fingerprint density at radius 1 is 1.35 bits per heavy atom. The van der Waals surface area contributed by atoms with Crippen molar-refractivity contribution in [2.24, 2.45) is 12.8 Å². The van der Waals surface area contributed by atoms with Crippen LogP contribution >= 0.6 is 11.8 Å². The molecule has 1 atom stereocenters. The van der Waals surface area contributed by atoms with Crippen LogP contribution in [0, 0.1) is 0 Å². The van der Waals surface area contributed by atoms with E-state index in [0.29, 0.717) is 17.4 Å². The van der Waals surface area contributed by atoms with Gasteiger partial charge < -0.3 is 15.6 Å². The molecule has 8 heteroatoms. The van der Waals surface area contributed by atoms with Gasteiger partial charge in [0.2, 0.25) is 11.8 Å². The molecule has 7 nitrogen and oxygen atoms in total. The Bertz CT molecular complexity index is 486. The first-order valence-corrected chi connectivity index (χ1v) is 7.32. The fourth-order valence-electron chi connectivity index (χ4n) is 1.51. The molecule has 0 radical (unpaired) electrons. The summed E-state index contributed by atoms with van der Waals surface area (Å²) in [6, 6.07) is 0.108. The van der Waals surface area contributed by atoms with Crippen molar-refractivity contribution in [3.8, 4) is 0 Å². The zero-order chi connectivity index (χ0) is 15.3. The molecule has 3 N–H and O–H groups in total. The van der Waals surface area contributed by atoms with Crippen LogP contribution < -0.4 is 11.1 Å². The van der Waals surface area contributed by atoms with E-state index >= 15 is 0 Å². The molecular formula is C12H21N5O2S. The number of thioether (sulfide) groups is 1. The first-order valence-electron chi connectivity index (χ1n) is 6.44. The lowest BCUT2D eigenvalue weighted by atomic mass is 10.3. The molecule has 0 aromatic carbocycles. The van der Waals surface area contributed by atoms with E-state index in [-0.39, 0.29) is 29.5 Å². The summed E-state index contributed by atoms with van der Waals surface area (Å²) in [4.78, 5) is 22.6. The quantitative estimate of drug-likeness (QED) is 0.702. The molecule has 112 valence electrons. The number of carbonyl (C=O) groups excluding carboxylic acids is 2. The number of amides is 2. The predicted molar refractivity (Wildman–Crippen MR) is 77.1 cm³/mol. The summed E-state index contributed by atoms with van der Waals surface area (Å²) in [6.45, 7) is 5.65. The van der Waals surface area contributed by atoms with Gasteiger partial charge >= 0.3 is 0 Å². The largest absolute Gasteiger partial charge is 0.370 e. The average molecular weight is 299 g/mol. The summed E-state index contributed by atoms with van der Waals surface area (Å²) in [5.41, 5.74) is 5.11. The summed E-state index contributed by atoms with van der Waals surface area (Å²) in [7, 11) is 1.81. The Labute approximate surface area is 122 Å². The molecular weight excluding hydrogens is 278 g/mol. The Hall–Kier alpha value is -1.57. The van der Waals surface area contributed by atoms with Crippen molar-refractivity contribution in [1.82, 2.24) is 20.1 Å².